The maximum Gasteiger partial charge on any atom is 0.416 e. The Morgan fingerprint density at radius 2 is 1.84 bits per heavy atom. The zero-order valence-electron chi connectivity index (χ0n) is 13.1. The van der Waals surface area contributed by atoms with Crippen LogP contribution in [0.25, 0.3) is 5.69 Å². The number of tetrazole rings is 1. The van der Waals surface area contributed by atoms with Crippen LogP contribution in [-0.4, -0.2) is 49.3 Å². The van der Waals surface area contributed by atoms with Crippen LogP contribution in [0.2, 0.25) is 0 Å². The predicted octanol–water partition coefficient (Wildman–Crippen LogP) is 1.98. The van der Waals surface area contributed by atoms with E-state index in [4.69, 9.17) is 5.11 Å². The Balaban J connectivity index is 1.70. The van der Waals surface area contributed by atoms with Crippen molar-refractivity contribution in [1.82, 2.24) is 25.1 Å². The molecule has 0 radical (unpaired) electrons. The minimum atomic E-state index is -4.39. The Hall–Kier alpha value is -2.49. The SMILES string of the molecule is O=C(O)C1CCN(Cc2nnnn2-c2ccc(C(F)(F)F)cc2)CC1. The number of carboxylic acids is 1. The predicted molar refractivity (Wildman–Crippen MR) is 79.8 cm³/mol. The van der Waals surface area contributed by atoms with Gasteiger partial charge in [0.25, 0.3) is 0 Å². The van der Waals surface area contributed by atoms with E-state index in [1.165, 1.54) is 16.8 Å². The molecule has 1 aromatic carbocycles. The number of piperidine rings is 1. The average molecular weight is 355 g/mol. The molecule has 1 saturated heterocycles. The van der Waals surface area contributed by atoms with Crippen molar-refractivity contribution in [2.75, 3.05) is 13.1 Å². The Morgan fingerprint density at radius 3 is 2.40 bits per heavy atom. The summed E-state index contributed by atoms with van der Waals surface area (Å²) in [5.74, 6) is -0.620. The van der Waals surface area contributed by atoms with E-state index in [1.807, 2.05) is 4.90 Å². The van der Waals surface area contributed by atoms with Crippen LogP contribution >= 0.6 is 0 Å². The number of carboxylic acid groups (broad SMARTS) is 1. The number of halogens is 3. The third kappa shape index (κ3) is 3.95. The molecule has 0 aliphatic carbocycles. The summed E-state index contributed by atoms with van der Waals surface area (Å²) in [6.45, 7) is 1.62. The van der Waals surface area contributed by atoms with Gasteiger partial charge < -0.3 is 5.11 Å². The Bertz CT molecular complexity index is 736. The van der Waals surface area contributed by atoms with E-state index >= 15 is 0 Å². The van der Waals surface area contributed by atoms with Gasteiger partial charge in [0.1, 0.15) is 0 Å². The summed E-state index contributed by atoms with van der Waals surface area (Å²) >= 11 is 0. The molecule has 0 spiro atoms. The molecule has 0 saturated carbocycles. The van der Waals surface area contributed by atoms with Crippen molar-refractivity contribution in [2.24, 2.45) is 5.92 Å². The third-order valence-electron chi connectivity index (χ3n) is 4.28. The number of alkyl halides is 3. The quantitative estimate of drug-likeness (QED) is 0.903. The van der Waals surface area contributed by atoms with Gasteiger partial charge in [-0.1, -0.05) is 0 Å². The van der Waals surface area contributed by atoms with Gasteiger partial charge in [-0.15, -0.1) is 5.10 Å². The van der Waals surface area contributed by atoms with E-state index < -0.39 is 17.7 Å². The van der Waals surface area contributed by atoms with E-state index in [1.54, 1.807) is 0 Å². The van der Waals surface area contributed by atoms with Gasteiger partial charge in [0.15, 0.2) is 5.82 Å². The normalized spacial score (nSPS) is 16.9. The highest BCUT2D eigenvalue weighted by Gasteiger charge is 2.30. The first-order valence-electron chi connectivity index (χ1n) is 7.74. The fraction of sp³-hybridized carbons (Fsp3) is 0.467. The molecule has 0 bridgehead atoms. The highest BCUT2D eigenvalue weighted by Crippen LogP contribution is 2.29. The van der Waals surface area contributed by atoms with Crippen molar-refractivity contribution in [2.45, 2.75) is 25.6 Å². The monoisotopic (exact) mass is 355 g/mol. The summed E-state index contributed by atoms with van der Waals surface area (Å²) in [6, 6.07) is 4.61. The lowest BCUT2D eigenvalue weighted by molar-refractivity contribution is -0.143. The van der Waals surface area contributed by atoms with E-state index in [2.05, 4.69) is 15.5 Å². The lowest BCUT2D eigenvalue weighted by Crippen LogP contribution is -2.36. The van der Waals surface area contributed by atoms with E-state index in [0.717, 1.165) is 12.1 Å². The first kappa shape index (κ1) is 17.3. The van der Waals surface area contributed by atoms with Crippen LogP contribution in [0.4, 0.5) is 13.2 Å². The molecule has 1 fully saturated rings. The van der Waals surface area contributed by atoms with Crippen LogP contribution in [0.15, 0.2) is 24.3 Å². The standard InChI is InChI=1S/C15H16F3N5O2/c16-15(17,18)11-1-3-12(4-2-11)23-13(19-20-21-23)9-22-7-5-10(6-8-22)14(24)25/h1-4,10H,5-9H2,(H,24,25). The first-order valence-corrected chi connectivity index (χ1v) is 7.74. The van der Waals surface area contributed by atoms with Crippen molar-refractivity contribution in [3.05, 3.63) is 35.7 Å². The second-order valence-electron chi connectivity index (χ2n) is 5.94. The number of likely N-dealkylation sites (tertiary alicyclic amines) is 1. The highest BCUT2D eigenvalue weighted by atomic mass is 19.4. The molecule has 2 heterocycles. The maximum absolute atomic E-state index is 12.6. The number of carbonyl (C=O) groups is 1. The number of aromatic nitrogens is 4. The molecule has 2 aromatic rings. The molecule has 0 amide bonds. The van der Waals surface area contributed by atoms with Gasteiger partial charge in [-0.2, -0.15) is 17.9 Å². The molecule has 0 unspecified atom stereocenters. The van der Waals surface area contributed by atoms with Crippen molar-refractivity contribution in [3.8, 4) is 5.69 Å². The number of benzene rings is 1. The summed E-state index contributed by atoms with van der Waals surface area (Å²) in [7, 11) is 0. The van der Waals surface area contributed by atoms with Crippen LogP contribution in [0.1, 0.15) is 24.2 Å². The molecule has 3 rings (SSSR count). The maximum atomic E-state index is 12.6. The Morgan fingerprint density at radius 1 is 1.20 bits per heavy atom. The van der Waals surface area contributed by atoms with Gasteiger partial charge in [0, 0.05) is 0 Å². The molecule has 1 aromatic heterocycles. The molecule has 0 atom stereocenters. The van der Waals surface area contributed by atoms with E-state index in [-0.39, 0.29) is 5.92 Å². The van der Waals surface area contributed by atoms with Crippen LogP contribution in [0.3, 0.4) is 0 Å². The van der Waals surface area contributed by atoms with Crippen molar-refractivity contribution in [3.63, 3.8) is 0 Å². The Kier molecular flexibility index (Phi) is 4.71. The van der Waals surface area contributed by atoms with Crippen molar-refractivity contribution < 1.29 is 23.1 Å². The van der Waals surface area contributed by atoms with Gasteiger partial charge >= 0.3 is 12.1 Å². The summed E-state index contributed by atoms with van der Waals surface area (Å²) in [5.41, 5.74) is -0.296. The largest absolute Gasteiger partial charge is 0.481 e. The van der Waals surface area contributed by atoms with Crippen LogP contribution in [0, 0.1) is 5.92 Å². The molecule has 1 aliphatic heterocycles. The fourth-order valence-corrected chi connectivity index (χ4v) is 2.83. The molecule has 7 nitrogen and oxygen atoms in total. The average Bonchev–Trinajstić information content (AvgIpc) is 3.03. The summed E-state index contributed by atoms with van der Waals surface area (Å²) in [4.78, 5) is 13.0. The molecule has 134 valence electrons. The zero-order valence-corrected chi connectivity index (χ0v) is 13.1. The second kappa shape index (κ2) is 6.79. The second-order valence-corrected chi connectivity index (χ2v) is 5.94. The van der Waals surface area contributed by atoms with Gasteiger partial charge in [-0.05, 0) is 60.6 Å². The highest BCUT2D eigenvalue weighted by molar-refractivity contribution is 5.70. The molecule has 1 aliphatic rings. The summed E-state index contributed by atoms with van der Waals surface area (Å²) in [5, 5.41) is 20.4. The zero-order chi connectivity index (χ0) is 18.0. The molecule has 1 N–H and O–H groups in total. The lowest BCUT2D eigenvalue weighted by atomic mass is 9.97. The number of hydrogen-bond acceptors (Lipinski definition) is 5. The van der Waals surface area contributed by atoms with E-state index in [0.29, 0.717) is 44.0 Å². The summed E-state index contributed by atoms with van der Waals surface area (Å²) < 4.78 is 39.3. The van der Waals surface area contributed by atoms with Gasteiger partial charge in [-0.25, -0.2) is 0 Å². The minimum absolute atomic E-state index is 0.331. The first-order chi connectivity index (χ1) is 11.8. The molecular formula is C15H16F3N5O2. The third-order valence-corrected chi connectivity index (χ3v) is 4.28. The fourth-order valence-electron chi connectivity index (χ4n) is 2.83. The van der Waals surface area contributed by atoms with E-state index in [9.17, 15) is 18.0 Å². The lowest BCUT2D eigenvalue weighted by Gasteiger charge is -2.29. The number of nitrogens with zero attached hydrogens (tertiary/aromatic N) is 5. The molecule has 10 heteroatoms. The number of aliphatic carboxylic acids is 1. The van der Waals surface area contributed by atoms with Gasteiger partial charge in [0.2, 0.25) is 0 Å². The van der Waals surface area contributed by atoms with Gasteiger partial charge in [0.05, 0.1) is 23.7 Å². The van der Waals surface area contributed by atoms with Crippen LogP contribution in [-0.2, 0) is 17.5 Å². The smallest absolute Gasteiger partial charge is 0.416 e. The summed E-state index contributed by atoms with van der Waals surface area (Å²) in [6.07, 6.45) is -3.29. The minimum Gasteiger partial charge on any atom is -0.481 e. The van der Waals surface area contributed by atoms with Crippen molar-refractivity contribution in [1.29, 1.82) is 0 Å². The number of rotatable bonds is 4. The number of hydrogen-bond donors (Lipinski definition) is 1. The van der Waals surface area contributed by atoms with Crippen LogP contribution < -0.4 is 0 Å². The Labute approximate surface area is 141 Å². The molecule has 25 heavy (non-hydrogen) atoms. The molecular weight excluding hydrogens is 339 g/mol. The topological polar surface area (TPSA) is 84.1 Å². The van der Waals surface area contributed by atoms with Crippen molar-refractivity contribution >= 4 is 5.97 Å². The van der Waals surface area contributed by atoms with Gasteiger partial charge in [-0.3, -0.25) is 9.69 Å². The van der Waals surface area contributed by atoms with Crippen LogP contribution in [0.5, 0.6) is 0 Å².